The van der Waals surface area contributed by atoms with Gasteiger partial charge in [-0.1, -0.05) is 49.4 Å². The minimum absolute atomic E-state index is 0.0155. The molecule has 0 bridgehead atoms. The number of piperazine rings is 1. The fraction of sp³-hybridized carbons (Fsp3) is 0.409. The molecule has 0 saturated carbocycles. The largest absolute Gasteiger partial charge is 0.492 e. The molecule has 3 rings (SSSR count). The number of hydrogen-bond acceptors (Lipinski definition) is 4. The van der Waals surface area contributed by atoms with Gasteiger partial charge < -0.3 is 15.0 Å². The molecule has 2 aromatic carbocycles. The molecule has 1 amide bonds. The number of anilines is 1. The van der Waals surface area contributed by atoms with E-state index in [0.717, 1.165) is 44.0 Å². The molecule has 1 heterocycles. The van der Waals surface area contributed by atoms with Crippen molar-refractivity contribution in [2.45, 2.75) is 19.9 Å². The molecule has 1 unspecified atom stereocenters. The summed E-state index contributed by atoms with van der Waals surface area (Å²) < 4.78 is 5.66. The number of amides is 1. The topological polar surface area (TPSA) is 44.8 Å². The Bertz CT molecular complexity index is 727. The van der Waals surface area contributed by atoms with Gasteiger partial charge in [-0.25, -0.2) is 0 Å². The lowest BCUT2D eigenvalue weighted by Crippen LogP contribution is -2.49. The van der Waals surface area contributed by atoms with Crippen molar-refractivity contribution < 1.29 is 9.53 Å². The van der Waals surface area contributed by atoms with Crippen LogP contribution >= 0.6 is 0 Å². The molecule has 1 aliphatic rings. The van der Waals surface area contributed by atoms with E-state index in [1.54, 1.807) is 0 Å². The molecule has 0 radical (unpaired) electrons. The molecule has 144 valence electrons. The molecular weight excluding hydrogens is 338 g/mol. The van der Waals surface area contributed by atoms with E-state index in [0.29, 0.717) is 12.4 Å². The van der Waals surface area contributed by atoms with Gasteiger partial charge in [-0.2, -0.15) is 0 Å². The highest BCUT2D eigenvalue weighted by Gasteiger charge is 2.30. The first-order valence-electron chi connectivity index (χ1n) is 9.77. The van der Waals surface area contributed by atoms with Gasteiger partial charge in [-0.15, -0.1) is 0 Å². The van der Waals surface area contributed by atoms with E-state index < -0.39 is 0 Å². The Balaban J connectivity index is 1.82. The highest BCUT2D eigenvalue weighted by Crippen LogP contribution is 2.28. The number of nitrogens with one attached hydrogen (secondary N) is 1. The third-order valence-corrected chi connectivity index (χ3v) is 5.03. The molecular formula is C22H29N3O2. The van der Waals surface area contributed by atoms with Crippen LogP contribution in [0.15, 0.2) is 54.6 Å². The number of carbonyl (C=O) groups is 1. The number of nitrogens with zero attached hydrogens (tertiary/aromatic N) is 2. The predicted molar refractivity (Wildman–Crippen MR) is 109 cm³/mol. The first-order chi connectivity index (χ1) is 13.2. The van der Waals surface area contributed by atoms with Crippen molar-refractivity contribution in [3.05, 3.63) is 60.2 Å². The average Bonchev–Trinajstić information content (AvgIpc) is 2.71. The van der Waals surface area contributed by atoms with Crippen LogP contribution in [0.2, 0.25) is 0 Å². The lowest BCUT2D eigenvalue weighted by atomic mass is 10.0. The molecule has 1 atom stereocenters. The van der Waals surface area contributed by atoms with Crippen molar-refractivity contribution in [2.24, 2.45) is 0 Å². The summed E-state index contributed by atoms with van der Waals surface area (Å²) in [6, 6.07) is 17.3. The van der Waals surface area contributed by atoms with Gasteiger partial charge in [0.1, 0.15) is 11.8 Å². The van der Waals surface area contributed by atoms with Crippen LogP contribution in [-0.2, 0) is 4.79 Å². The lowest BCUT2D eigenvalue weighted by molar-refractivity contribution is -0.122. The van der Waals surface area contributed by atoms with Crippen LogP contribution in [0.25, 0.3) is 0 Å². The van der Waals surface area contributed by atoms with Gasteiger partial charge in [0.05, 0.1) is 12.3 Å². The molecule has 5 nitrogen and oxygen atoms in total. The number of benzene rings is 2. The fourth-order valence-corrected chi connectivity index (χ4v) is 3.55. The first kappa shape index (κ1) is 19.4. The summed E-state index contributed by atoms with van der Waals surface area (Å²) >= 11 is 0. The molecule has 5 heteroatoms. The van der Waals surface area contributed by atoms with Crippen molar-refractivity contribution in [1.29, 1.82) is 0 Å². The standard InChI is InChI=1S/C22H29N3O2/c1-3-24-14-16-25(17-15-24)21(18-10-6-5-7-11-18)22(26)23-19-12-8-9-13-20(19)27-4-2/h5-13,21H,3-4,14-17H2,1-2H3,(H,23,26). The van der Waals surface area contributed by atoms with Crippen molar-refractivity contribution in [3.63, 3.8) is 0 Å². The van der Waals surface area contributed by atoms with Gasteiger partial charge in [-0.3, -0.25) is 9.69 Å². The lowest BCUT2D eigenvalue weighted by Gasteiger charge is -2.38. The van der Waals surface area contributed by atoms with E-state index in [-0.39, 0.29) is 11.9 Å². The van der Waals surface area contributed by atoms with E-state index in [4.69, 9.17) is 4.74 Å². The van der Waals surface area contributed by atoms with Crippen LogP contribution in [0.1, 0.15) is 25.5 Å². The zero-order valence-electron chi connectivity index (χ0n) is 16.2. The fourth-order valence-electron chi connectivity index (χ4n) is 3.55. The van der Waals surface area contributed by atoms with Crippen molar-refractivity contribution >= 4 is 11.6 Å². The summed E-state index contributed by atoms with van der Waals surface area (Å²) in [6.07, 6.45) is 0. The molecule has 27 heavy (non-hydrogen) atoms. The molecule has 2 aromatic rings. The Labute approximate surface area is 161 Å². The molecule has 1 N–H and O–H groups in total. The van der Waals surface area contributed by atoms with Crippen molar-refractivity contribution in [2.75, 3.05) is 44.6 Å². The molecule has 0 aromatic heterocycles. The van der Waals surface area contributed by atoms with Crippen molar-refractivity contribution in [3.8, 4) is 5.75 Å². The first-order valence-corrected chi connectivity index (χ1v) is 9.77. The number of likely N-dealkylation sites (N-methyl/N-ethyl adjacent to an activating group) is 1. The maximum atomic E-state index is 13.3. The van der Waals surface area contributed by atoms with E-state index in [9.17, 15) is 4.79 Å². The Kier molecular flexibility index (Phi) is 6.85. The normalized spacial score (nSPS) is 16.7. The van der Waals surface area contributed by atoms with E-state index in [2.05, 4.69) is 22.0 Å². The molecule has 1 fully saturated rings. The van der Waals surface area contributed by atoms with Crippen molar-refractivity contribution in [1.82, 2.24) is 9.80 Å². The number of ether oxygens (including phenoxy) is 1. The predicted octanol–water partition coefficient (Wildman–Crippen LogP) is 3.40. The second-order valence-corrected chi connectivity index (χ2v) is 6.70. The van der Waals surface area contributed by atoms with Gasteiger partial charge in [-0.05, 0) is 31.2 Å². The minimum Gasteiger partial charge on any atom is -0.492 e. The zero-order chi connectivity index (χ0) is 19.1. The van der Waals surface area contributed by atoms with E-state index in [1.165, 1.54) is 0 Å². The summed E-state index contributed by atoms with van der Waals surface area (Å²) in [6.45, 7) is 9.49. The van der Waals surface area contributed by atoms with Gasteiger partial charge in [0.2, 0.25) is 5.91 Å². The summed E-state index contributed by atoms with van der Waals surface area (Å²) in [7, 11) is 0. The average molecular weight is 367 g/mol. The summed E-state index contributed by atoms with van der Waals surface area (Å²) in [5.74, 6) is 0.689. The SMILES string of the molecule is CCOc1ccccc1NC(=O)C(c1ccccc1)N1CCN(CC)CC1. The summed E-state index contributed by atoms with van der Waals surface area (Å²) in [5.41, 5.74) is 1.74. The van der Waals surface area contributed by atoms with Crippen LogP contribution in [0.4, 0.5) is 5.69 Å². The minimum atomic E-state index is -0.306. The number of carbonyl (C=O) groups excluding carboxylic acids is 1. The molecule has 1 aliphatic heterocycles. The number of hydrogen-bond donors (Lipinski definition) is 1. The van der Waals surface area contributed by atoms with E-state index in [1.807, 2.05) is 61.5 Å². The quantitative estimate of drug-likeness (QED) is 0.815. The number of para-hydroxylation sites is 2. The van der Waals surface area contributed by atoms with Crippen LogP contribution in [0, 0.1) is 0 Å². The van der Waals surface area contributed by atoms with Crippen LogP contribution in [0.3, 0.4) is 0 Å². The third-order valence-electron chi connectivity index (χ3n) is 5.03. The monoisotopic (exact) mass is 367 g/mol. The smallest absolute Gasteiger partial charge is 0.246 e. The van der Waals surface area contributed by atoms with E-state index >= 15 is 0 Å². The highest BCUT2D eigenvalue weighted by atomic mass is 16.5. The van der Waals surface area contributed by atoms with Gasteiger partial charge >= 0.3 is 0 Å². The van der Waals surface area contributed by atoms with Crippen LogP contribution < -0.4 is 10.1 Å². The zero-order valence-corrected chi connectivity index (χ0v) is 16.2. The number of rotatable bonds is 7. The molecule has 0 aliphatic carbocycles. The molecule has 1 saturated heterocycles. The van der Waals surface area contributed by atoms with Gasteiger partial charge in [0.15, 0.2) is 0 Å². The summed E-state index contributed by atoms with van der Waals surface area (Å²) in [5, 5.41) is 3.10. The van der Waals surface area contributed by atoms with Gasteiger partial charge in [0, 0.05) is 26.2 Å². The Morgan fingerprint density at radius 3 is 2.33 bits per heavy atom. The van der Waals surface area contributed by atoms with Gasteiger partial charge in [0.25, 0.3) is 0 Å². The van der Waals surface area contributed by atoms with Crippen LogP contribution in [0.5, 0.6) is 5.75 Å². The molecule has 0 spiro atoms. The second kappa shape index (κ2) is 9.53. The Morgan fingerprint density at radius 2 is 1.67 bits per heavy atom. The summed E-state index contributed by atoms with van der Waals surface area (Å²) in [4.78, 5) is 18.0. The highest BCUT2D eigenvalue weighted by molar-refractivity contribution is 5.96. The Morgan fingerprint density at radius 1 is 1.00 bits per heavy atom. The van der Waals surface area contributed by atoms with Crippen LogP contribution in [-0.4, -0.2) is 55.0 Å². The Hall–Kier alpha value is -2.37. The second-order valence-electron chi connectivity index (χ2n) is 6.70. The maximum absolute atomic E-state index is 13.3. The maximum Gasteiger partial charge on any atom is 0.246 e. The third kappa shape index (κ3) is 4.87.